The van der Waals surface area contributed by atoms with Crippen LogP contribution in [0.5, 0.6) is 0 Å². The minimum Gasteiger partial charge on any atom is -0.361 e. The Morgan fingerprint density at radius 2 is 1.65 bits per heavy atom. The van der Waals surface area contributed by atoms with Gasteiger partial charge < -0.3 is 15.1 Å². The van der Waals surface area contributed by atoms with Gasteiger partial charge in [-0.15, -0.1) is 0 Å². The molecule has 122 valence electrons. The Morgan fingerprint density at radius 3 is 2.26 bits per heavy atom. The van der Waals surface area contributed by atoms with E-state index in [0.717, 1.165) is 30.4 Å². The number of hydrogen-bond acceptors (Lipinski definition) is 2. The van der Waals surface area contributed by atoms with Crippen molar-refractivity contribution in [2.45, 2.75) is 13.5 Å². The van der Waals surface area contributed by atoms with Crippen LogP contribution >= 0.6 is 12.2 Å². The van der Waals surface area contributed by atoms with Gasteiger partial charge in [0, 0.05) is 18.8 Å². The van der Waals surface area contributed by atoms with E-state index in [4.69, 9.17) is 12.2 Å². The van der Waals surface area contributed by atoms with Gasteiger partial charge in [-0.25, -0.2) is 0 Å². The minimum absolute atomic E-state index is 0.762. The van der Waals surface area contributed by atoms with Gasteiger partial charge in [-0.1, -0.05) is 48.0 Å². The first-order valence-electron chi connectivity index (χ1n) is 7.87. The molecule has 0 radical (unpaired) electrons. The monoisotopic (exact) mass is 327 g/mol. The number of nitrogens with zero attached hydrogens (tertiary/aromatic N) is 2. The maximum Gasteiger partial charge on any atom is 0.173 e. The lowest BCUT2D eigenvalue weighted by molar-refractivity contribution is 0.412. The van der Waals surface area contributed by atoms with Gasteiger partial charge in [-0.2, -0.15) is 0 Å². The molecule has 1 N–H and O–H groups in total. The van der Waals surface area contributed by atoms with Crippen LogP contribution in [0.15, 0.2) is 54.6 Å². The molecule has 2 aromatic carbocycles. The van der Waals surface area contributed by atoms with Crippen molar-refractivity contribution >= 4 is 23.0 Å². The van der Waals surface area contributed by atoms with Crippen LogP contribution in [0.3, 0.4) is 0 Å². The van der Waals surface area contributed by atoms with Crippen LogP contribution in [-0.4, -0.2) is 37.2 Å². The van der Waals surface area contributed by atoms with Gasteiger partial charge >= 0.3 is 0 Å². The Morgan fingerprint density at radius 1 is 1.00 bits per heavy atom. The third kappa shape index (κ3) is 5.66. The zero-order valence-corrected chi connectivity index (χ0v) is 14.9. The van der Waals surface area contributed by atoms with Crippen LogP contribution in [0.1, 0.15) is 11.1 Å². The van der Waals surface area contributed by atoms with Crippen LogP contribution in [0.4, 0.5) is 5.69 Å². The Bertz CT molecular complexity index is 608. The highest BCUT2D eigenvalue weighted by molar-refractivity contribution is 7.80. The van der Waals surface area contributed by atoms with Crippen molar-refractivity contribution in [2.75, 3.05) is 32.1 Å². The summed E-state index contributed by atoms with van der Waals surface area (Å²) in [6, 6.07) is 18.9. The molecule has 3 nitrogen and oxygen atoms in total. The molecule has 0 aliphatic carbocycles. The molecular formula is C19H25N3S. The van der Waals surface area contributed by atoms with Crippen molar-refractivity contribution in [1.82, 2.24) is 10.2 Å². The molecule has 4 heteroatoms. The van der Waals surface area contributed by atoms with Gasteiger partial charge in [0.2, 0.25) is 0 Å². The Hall–Kier alpha value is -1.91. The fraction of sp³-hybridized carbons (Fsp3) is 0.316. The summed E-state index contributed by atoms with van der Waals surface area (Å²) in [6.07, 6.45) is 0. The lowest BCUT2D eigenvalue weighted by Crippen LogP contribution is -2.42. The van der Waals surface area contributed by atoms with Crippen molar-refractivity contribution in [3.63, 3.8) is 0 Å². The summed E-state index contributed by atoms with van der Waals surface area (Å²) in [5.41, 5.74) is 3.60. The molecule has 0 saturated heterocycles. The van der Waals surface area contributed by atoms with Crippen LogP contribution in [0, 0.1) is 6.92 Å². The second kappa shape index (κ2) is 8.65. The highest BCUT2D eigenvalue weighted by Gasteiger charge is 2.12. The highest BCUT2D eigenvalue weighted by atomic mass is 32.1. The SMILES string of the molecule is Cc1ccc(N(Cc2ccccc2)C(=S)NCCN(C)C)cc1. The minimum atomic E-state index is 0.762. The van der Waals surface area contributed by atoms with Gasteiger partial charge in [0.25, 0.3) is 0 Å². The van der Waals surface area contributed by atoms with E-state index in [9.17, 15) is 0 Å². The zero-order valence-electron chi connectivity index (χ0n) is 14.1. The third-order valence-corrected chi connectivity index (χ3v) is 3.97. The largest absolute Gasteiger partial charge is 0.361 e. The standard InChI is InChI=1S/C19H25N3S/c1-16-9-11-18(12-10-16)22(15-17-7-5-4-6-8-17)19(23)20-13-14-21(2)3/h4-12H,13-15H2,1-3H3,(H,20,23). The summed E-state index contributed by atoms with van der Waals surface area (Å²) in [5.74, 6) is 0. The van der Waals surface area contributed by atoms with E-state index < -0.39 is 0 Å². The maximum absolute atomic E-state index is 5.64. The highest BCUT2D eigenvalue weighted by Crippen LogP contribution is 2.18. The second-order valence-electron chi connectivity index (χ2n) is 5.94. The molecule has 0 aliphatic rings. The lowest BCUT2D eigenvalue weighted by Gasteiger charge is -2.27. The zero-order chi connectivity index (χ0) is 16.7. The third-order valence-electron chi connectivity index (χ3n) is 3.61. The first-order chi connectivity index (χ1) is 11.1. The van der Waals surface area contributed by atoms with Gasteiger partial charge in [0.05, 0.1) is 6.54 Å². The summed E-state index contributed by atoms with van der Waals surface area (Å²) < 4.78 is 0. The number of nitrogens with one attached hydrogen (secondary N) is 1. The summed E-state index contributed by atoms with van der Waals surface area (Å²) in [6.45, 7) is 4.65. The lowest BCUT2D eigenvalue weighted by atomic mass is 10.2. The number of benzene rings is 2. The first-order valence-corrected chi connectivity index (χ1v) is 8.28. The van der Waals surface area contributed by atoms with Gasteiger partial charge in [0.15, 0.2) is 5.11 Å². The number of rotatable bonds is 6. The molecule has 0 bridgehead atoms. The smallest absolute Gasteiger partial charge is 0.173 e. The molecule has 0 saturated carbocycles. The summed E-state index contributed by atoms with van der Waals surface area (Å²) in [7, 11) is 4.12. The molecule has 0 aliphatic heterocycles. The van der Waals surface area contributed by atoms with Crippen molar-refractivity contribution < 1.29 is 0 Å². The quantitative estimate of drug-likeness (QED) is 0.819. The Labute approximate surface area is 144 Å². The molecule has 0 aromatic heterocycles. The van der Waals surface area contributed by atoms with Gasteiger partial charge in [-0.05, 0) is 50.9 Å². The summed E-state index contributed by atoms with van der Waals surface area (Å²) in [5, 5.41) is 4.13. The Balaban J connectivity index is 2.13. The first kappa shape index (κ1) is 17.4. The van der Waals surface area contributed by atoms with Crippen molar-refractivity contribution in [1.29, 1.82) is 0 Å². The summed E-state index contributed by atoms with van der Waals surface area (Å²) >= 11 is 5.64. The molecule has 0 atom stereocenters. The van der Waals surface area contributed by atoms with E-state index >= 15 is 0 Å². The number of hydrogen-bond donors (Lipinski definition) is 1. The van der Waals surface area contributed by atoms with Crippen LogP contribution < -0.4 is 10.2 Å². The molecule has 0 fully saturated rings. The fourth-order valence-electron chi connectivity index (χ4n) is 2.25. The predicted octanol–water partition coefficient (Wildman–Crippen LogP) is 3.44. The van der Waals surface area contributed by atoms with Crippen molar-refractivity contribution in [3.8, 4) is 0 Å². The van der Waals surface area contributed by atoms with E-state index in [1.54, 1.807) is 0 Å². The molecule has 2 aromatic rings. The average molecular weight is 327 g/mol. The topological polar surface area (TPSA) is 18.5 Å². The molecule has 0 unspecified atom stereocenters. The van der Waals surface area contributed by atoms with E-state index in [2.05, 4.69) is 84.7 Å². The second-order valence-corrected chi connectivity index (χ2v) is 6.33. The average Bonchev–Trinajstić information content (AvgIpc) is 2.54. The Kier molecular flexibility index (Phi) is 6.56. The normalized spacial score (nSPS) is 10.6. The van der Waals surface area contributed by atoms with Gasteiger partial charge in [-0.3, -0.25) is 0 Å². The van der Waals surface area contributed by atoms with E-state index in [0.29, 0.717) is 0 Å². The van der Waals surface area contributed by atoms with Crippen LogP contribution in [-0.2, 0) is 6.54 Å². The van der Waals surface area contributed by atoms with E-state index in [1.807, 2.05) is 6.07 Å². The molecule has 0 spiro atoms. The number of thiocarbonyl (C=S) groups is 1. The van der Waals surface area contributed by atoms with Crippen LogP contribution in [0.25, 0.3) is 0 Å². The molecule has 0 heterocycles. The molecule has 2 rings (SSSR count). The summed E-state index contributed by atoms with van der Waals surface area (Å²) in [4.78, 5) is 4.29. The van der Waals surface area contributed by atoms with E-state index in [1.165, 1.54) is 11.1 Å². The maximum atomic E-state index is 5.64. The van der Waals surface area contributed by atoms with Crippen LogP contribution in [0.2, 0.25) is 0 Å². The molecule has 23 heavy (non-hydrogen) atoms. The van der Waals surface area contributed by atoms with Crippen molar-refractivity contribution in [3.05, 3.63) is 65.7 Å². The number of aryl methyl sites for hydroxylation is 1. The number of likely N-dealkylation sites (N-methyl/N-ethyl adjacent to an activating group) is 1. The van der Waals surface area contributed by atoms with Gasteiger partial charge in [0.1, 0.15) is 0 Å². The van der Waals surface area contributed by atoms with Crippen molar-refractivity contribution in [2.24, 2.45) is 0 Å². The fourth-order valence-corrected chi connectivity index (χ4v) is 2.52. The molecular weight excluding hydrogens is 302 g/mol. The molecule has 0 amide bonds. The number of anilines is 1. The predicted molar refractivity (Wildman–Crippen MR) is 103 cm³/mol. The van der Waals surface area contributed by atoms with E-state index in [-0.39, 0.29) is 0 Å².